The molecule has 5 nitrogen and oxygen atoms in total. The summed E-state index contributed by atoms with van der Waals surface area (Å²) < 4.78 is 5.24. The summed E-state index contributed by atoms with van der Waals surface area (Å²) in [5.74, 6) is 0.454. The minimum Gasteiger partial charge on any atom is -0.359 e. The van der Waals surface area contributed by atoms with Crippen molar-refractivity contribution in [2.75, 3.05) is 0 Å². The molecule has 0 bridgehead atoms. The van der Waals surface area contributed by atoms with E-state index in [1.165, 1.54) is 0 Å². The van der Waals surface area contributed by atoms with Crippen LogP contribution in [0, 0.1) is 0 Å². The van der Waals surface area contributed by atoms with Crippen LogP contribution in [0.2, 0.25) is 0 Å². The van der Waals surface area contributed by atoms with Crippen LogP contribution in [0.25, 0.3) is 11.3 Å². The zero-order valence-corrected chi connectivity index (χ0v) is 11.8. The van der Waals surface area contributed by atoms with Gasteiger partial charge in [-0.25, -0.2) is 5.43 Å². The number of benzene rings is 2. The van der Waals surface area contributed by atoms with Gasteiger partial charge in [0.1, 0.15) is 5.69 Å². The summed E-state index contributed by atoms with van der Waals surface area (Å²) in [4.78, 5) is 11.8. The molecule has 5 heteroatoms. The van der Waals surface area contributed by atoms with E-state index < -0.39 is 0 Å². The molecule has 0 unspecified atom stereocenters. The molecular formula is C17H15N3O2. The summed E-state index contributed by atoms with van der Waals surface area (Å²) in [6.45, 7) is 0.360. The molecule has 0 saturated carbocycles. The van der Waals surface area contributed by atoms with E-state index >= 15 is 0 Å². The highest BCUT2D eigenvalue weighted by atomic mass is 16.5. The van der Waals surface area contributed by atoms with E-state index in [1.54, 1.807) is 12.1 Å². The van der Waals surface area contributed by atoms with Crippen molar-refractivity contribution in [3.05, 3.63) is 78.1 Å². The maximum absolute atomic E-state index is 11.8. The summed E-state index contributed by atoms with van der Waals surface area (Å²) in [5.41, 5.74) is 7.81. The highest BCUT2D eigenvalue weighted by Gasteiger charge is 2.07. The van der Waals surface area contributed by atoms with Crippen LogP contribution >= 0.6 is 0 Å². The van der Waals surface area contributed by atoms with Crippen LogP contribution < -0.4 is 10.9 Å². The highest BCUT2D eigenvalue weighted by molar-refractivity contribution is 5.93. The lowest BCUT2D eigenvalue weighted by Crippen LogP contribution is -2.36. The Labute approximate surface area is 127 Å². The topological polar surface area (TPSA) is 67.2 Å². The van der Waals surface area contributed by atoms with Gasteiger partial charge in [0.25, 0.3) is 5.91 Å². The number of aromatic nitrogens is 1. The molecule has 3 aromatic rings. The van der Waals surface area contributed by atoms with Crippen LogP contribution in [0.5, 0.6) is 0 Å². The highest BCUT2D eigenvalue weighted by Crippen LogP contribution is 2.18. The Morgan fingerprint density at radius 3 is 2.41 bits per heavy atom. The van der Waals surface area contributed by atoms with E-state index in [0.29, 0.717) is 17.9 Å². The molecule has 0 aliphatic heterocycles. The number of carbonyl (C=O) groups is 1. The van der Waals surface area contributed by atoms with Gasteiger partial charge in [-0.1, -0.05) is 53.7 Å². The number of carbonyl (C=O) groups excluding carboxylic acids is 1. The van der Waals surface area contributed by atoms with E-state index in [2.05, 4.69) is 16.0 Å². The first-order chi connectivity index (χ1) is 10.8. The maximum Gasteiger partial charge on any atom is 0.265 e. The molecule has 1 amide bonds. The normalized spacial score (nSPS) is 10.4. The molecule has 3 rings (SSSR count). The number of hydrogen-bond acceptors (Lipinski definition) is 4. The van der Waals surface area contributed by atoms with E-state index in [4.69, 9.17) is 4.52 Å². The predicted molar refractivity (Wildman–Crippen MR) is 82.7 cm³/mol. The molecule has 0 radical (unpaired) electrons. The Morgan fingerprint density at radius 1 is 1.00 bits per heavy atom. The van der Waals surface area contributed by atoms with Gasteiger partial charge >= 0.3 is 0 Å². The molecule has 1 aromatic heterocycles. The minimum atomic E-state index is -0.191. The van der Waals surface area contributed by atoms with Crippen molar-refractivity contribution in [3.63, 3.8) is 0 Å². The molecule has 1 heterocycles. The van der Waals surface area contributed by atoms with Gasteiger partial charge in [0.2, 0.25) is 0 Å². The molecule has 0 spiro atoms. The summed E-state index contributed by atoms with van der Waals surface area (Å²) in [5, 5.41) is 4.01. The Hall–Kier alpha value is -2.92. The number of hydrazine groups is 1. The maximum atomic E-state index is 11.8. The molecule has 0 saturated heterocycles. The lowest BCUT2D eigenvalue weighted by atomic mass is 10.1. The number of nitrogens with one attached hydrogen (secondary N) is 2. The third kappa shape index (κ3) is 3.39. The van der Waals surface area contributed by atoms with Crippen LogP contribution in [0.4, 0.5) is 0 Å². The molecule has 2 aromatic carbocycles. The zero-order chi connectivity index (χ0) is 15.2. The monoisotopic (exact) mass is 293 g/mol. The van der Waals surface area contributed by atoms with Gasteiger partial charge in [-0.2, -0.15) is 0 Å². The van der Waals surface area contributed by atoms with Gasteiger partial charge in [-0.05, 0) is 12.1 Å². The third-order valence-corrected chi connectivity index (χ3v) is 3.13. The van der Waals surface area contributed by atoms with Gasteiger partial charge in [-0.3, -0.25) is 10.2 Å². The minimum absolute atomic E-state index is 0.191. The third-order valence-electron chi connectivity index (χ3n) is 3.13. The Balaban J connectivity index is 1.55. The number of amides is 1. The van der Waals surface area contributed by atoms with E-state index in [9.17, 15) is 4.79 Å². The first-order valence-electron chi connectivity index (χ1n) is 6.92. The predicted octanol–water partition coefficient (Wildman–Crippen LogP) is 2.78. The summed E-state index contributed by atoms with van der Waals surface area (Å²) >= 11 is 0. The average molecular weight is 293 g/mol. The van der Waals surface area contributed by atoms with Gasteiger partial charge < -0.3 is 4.52 Å². The summed E-state index contributed by atoms with van der Waals surface area (Å²) in [6, 6.07) is 20.6. The smallest absolute Gasteiger partial charge is 0.265 e. The largest absolute Gasteiger partial charge is 0.359 e. The first kappa shape index (κ1) is 14.0. The van der Waals surface area contributed by atoms with Crippen LogP contribution in [-0.2, 0) is 6.54 Å². The molecule has 2 N–H and O–H groups in total. The quantitative estimate of drug-likeness (QED) is 0.710. The number of nitrogens with zero attached hydrogens (tertiary/aromatic N) is 1. The van der Waals surface area contributed by atoms with Crippen molar-refractivity contribution in [1.29, 1.82) is 0 Å². The van der Waals surface area contributed by atoms with Crippen LogP contribution in [0.3, 0.4) is 0 Å². The number of rotatable bonds is 5. The molecular weight excluding hydrogens is 278 g/mol. The van der Waals surface area contributed by atoms with Crippen molar-refractivity contribution < 1.29 is 9.32 Å². The van der Waals surface area contributed by atoms with Gasteiger partial charge in [0.15, 0.2) is 5.76 Å². The lowest BCUT2D eigenvalue weighted by molar-refractivity contribution is 0.0930. The van der Waals surface area contributed by atoms with Gasteiger partial charge in [0, 0.05) is 17.2 Å². The second-order valence-corrected chi connectivity index (χ2v) is 4.72. The van der Waals surface area contributed by atoms with E-state index in [1.807, 2.05) is 54.6 Å². The SMILES string of the molecule is O=C(NNCc1cc(-c2ccccc2)no1)c1ccccc1. The summed E-state index contributed by atoms with van der Waals surface area (Å²) in [7, 11) is 0. The molecule has 0 aliphatic carbocycles. The standard InChI is InChI=1S/C17H15N3O2/c21-17(14-9-5-2-6-10-14)19-18-12-15-11-16(20-22-15)13-7-3-1-4-8-13/h1-11,18H,12H2,(H,19,21). The number of hydrogen-bond donors (Lipinski definition) is 2. The lowest BCUT2D eigenvalue weighted by Gasteiger charge is -2.04. The molecule has 22 heavy (non-hydrogen) atoms. The first-order valence-corrected chi connectivity index (χ1v) is 6.92. The fraction of sp³-hybridized carbons (Fsp3) is 0.0588. The molecule has 0 atom stereocenters. The van der Waals surface area contributed by atoms with Crippen molar-refractivity contribution in [2.45, 2.75) is 6.54 Å². The van der Waals surface area contributed by atoms with Crippen molar-refractivity contribution in [2.24, 2.45) is 0 Å². The van der Waals surface area contributed by atoms with Crippen molar-refractivity contribution >= 4 is 5.91 Å². The van der Waals surface area contributed by atoms with Gasteiger partial charge in [0.05, 0.1) is 6.54 Å². The molecule has 0 aliphatic rings. The van der Waals surface area contributed by atoms with Crippen LogP contribution in [0.1, 0.15) is 16.1 Å². The zero-order valence-electron chi connectivity index (χ0n) is 11.8. The Kier molecular flexibility index (Phi) is 4.27. The Bertz CT molecular complexity index is 739. The second-order valence-electron chi connectivity index (χ2n) is 4.72. The van der Waals surface area contributed by atoms with E-state index in [-0.39, 0.29) is 5.91 Å². The van der Waals surface area contributed by atoms with Crippen LogP contribution in [-0.4, -0.2) is 11.1 Å². The van der Waals surface area contributed by atoms with Gasteiger partial charge in [-0.15, -0.1) is 0 Å². The average Bonchev–Trinajstić information content (AvgIpc) is 3.05. The van der Waals surface area contributed by atoms with Crippen molar-refractivity contribution in [3.8, 4) is 11.3 Å². The Morgan fingerprint density at radius 2 is 1.68 bits per heavy atom. The molecule has 0 fully saturated rings. The summed E-state index contributed by atoms with van der Waals surface area (Å²) in [6.07, 6.45) is 0. The second kappa shape index (κ2) is 6.69. The van der Waals surface area contributed by atoms with Crippen LogP contribution in [0.15, 0.2) is 71.3 Å². The van der Waals surface area contributed by atoms with E-state index in [0.717, 1.165) is 11.3 Å². The fourth-order valence-corrected chi connectivity index (χ4v) is 2.01. The fourth-order valence-electron chi connectivity index (χ4n) is 2.01. The van der Waals surface area contributed by atoms with Crippen molar-refractivity contribution in [1.82, 2.24) is 16.0 Å². The molecule has 110 valence electrons.